The summed E-state index contributed by atoms with van der Waals surface area (Å²) in [5.41, 5.74) is 7.70. The van der Waals surface area contributed by atoms with Crippen molar-refractivity contribution in [3.05, 3.63) is 107 Å². The topological polar surface area (TPSA) is 88.5 Å². The summed E-state index contributed by atoms with van der Waals surface area (Å²) < 4.78 is 7.17. The first-order valence-corrected chi connectivity index (χ1v) is 14.3. The Morgan fingerprint density at radius 2 is 1.76 bits per heavy atom. The quantitative estimate of drug-likeness (QED) is 0.194. The minimum Gasteiger partial charge on any atom is -0.465 e. The SMILES string of the molecule is COC(=O)c1ccccc1-n1c(C)cc([C@H]2[C@@H](c3ccccn3)NC(=S)N2c2ccc(NC(=O)C(C)C)c(C)c2)c1C. The van der Waals surface area contributed by atoms with Crippen LogP contribution >= 0.6 is 12.2 Å². The van der Waals surface area contributed by atoms with Crippen LogP contribution in [0.2, 0.25) is 0 Å². The number of carbonyl (C=O) groups excluding carboxylic acids is 2. The fraction of sp³-hybridized carbons (Fsp3) is 0.273. The van der Waals surface area contributed by atoms with Crippen LogP contribution in [0, 0.1) is 26.7 Å². The molecule has 0 aliphatic carbocycles. The van der Waals surface area contributed by atoms with E-state index in [1.165, 1.54) is 7.11 Å². The summed E-state index contributed by atoms with van der Waals surface area (Å²) in [7, 11) is 1.39. The van der Waals surface area contributed by atoms with Crippen molar-refractivity contribution in [1.29, 1.82) is 0 Å². The molecule has 0 radical (unpaired) electrons. The average molecular weight is 582 g/mol. The molecule has 1 amide bonds. The number of aromatic nitrogens is 2. The van der Waals surface area contributed by atoms with Gasteiger partial charge in [-0.25, -0.2) is 4.79 Å². The van der Waals surface area contributed by atoms with E-state index in [1.54, 1.807) is 12.3 Å². The molecule has 2 aromatic carbocycles. The summed E-state index contributed by atoms with van der Waals surface area (Å²) in [5.74, 6) is -0.545. The number of thiocarbonyl (C=S) groups is 1. The van der Waals surface area contributed by atoms with E-state index in [1.807, 2.05) is 82.3 Å². The smallest absolute Gasteiger partial charge is 0.339 e. The summed E-state index contributed by atoms with van der Waals surface area (Å²) in [4.78, 5) is 31.8. The minimum atomic E-state index is -0.392. The lowest BCUT2D eigenvalue weighted by Crippen LogP contribution is -2.29. The third-order valence-corrected chi connectivity index (χ3v) is 8.02. The molecule has 1 fully saturated rings. The predicted octanol–water partition coefficient (Wildman–Crippen LogP) is 6.36. The Balaban J connectivity index is 1.64. The molecule has 1 saturated heterocycles. The molecule has 9 heteroatoms. The van der Waals surface area contributed by atoms with Crippen LogP contribution in [-0.4, -0.2) is 33.6 Å². The third kappa shape index (κ3) is 5.27. The molecular formula is C33H35N5O3S. The van der Waals surface area contributed by atoms with Gasteiger partial charge in [-0.1, -0.05) is 32.0 Å². The molecule has 4 aromatic rings. The second-order valence-electron chi connectivity index (χ2n) is 10.8. The van der Waals surface area contributed by atoms with Crippen molar-refractivity contribution >= 4 is 40.6 Å². The van der Waals surface area contributed by atoms with E-state index in [-0.39, 0.29) is 23.9 Å². The number of methoxy groups -OCH3 is 1. The zero-order valence-corrected chi connectivity index (χ0v) is 25.5. The first kappa shape index (κ1) is 29.0. The van der Waals surface area contributed by atoms with Gasteiger partial charge in [0.05, 0.1) is 36.1 Å². The van der Waals surface area contributed by atoms with E-state index >= 15 is 0 Å². The van der Waals surface area contributed by atoms with Crippen LogP contribution in [0.5, 0.6) is 0 Å². The highest BCUT2D eigenvalue weighted by atomic mass is 32.1. The number of hydrogen-bond acceptors (Lipinski definition) is 5. The maximum atomic E-state index is 12.7. The van der Waals surface area contributed by atoms with Gasteiger partial charge in [0.1, 0.15) is 0 Å². The van der Waals surface area contributed by atoms with E-state index in [0.29, 0.717) is 10.7 Å². The Morgan fingerprint density at radius 3 is 2.43 bits per heavy atom. The number of nitrogens with zero attached hydrogens (tertiary/aromatic N) is 3. The molecule has 2 N–H and O–H groups in total. The molecule has 216 valence electrons. The molecule has 2 aromatic heterocycles. The van der Waals surface area contributed by atoms with E-state index in [4.69, 9.17) is 17.0 Å². The van der Waals surface area contributed by atoms with Gasteiger partial charge in [0, 0.05) is 34.9 Å². The number of ether oxygens (including phenoxy) is 1. The molecule has 0 saturated carbocycles. The Bertz CT molecular complexity index is 1660. The number of para-hydroxylation sites is 1. The zero-order chi connectivity index (χ0) is 30.1. The molecule has 5 rings (SSSR count). The lowest BCUT2D eigenvalue weighted by molar-refractivity contribution is -0.118. The van der Waals surface area contributed by atoms with E-state index in [0.717, 1.165) is 45.3 Å². The van der Waals surface area contributed by atoms with Crippen molar-refractivity contribution in [2.45, 2.75) is 46.7 Å². The van der Waals surface area contributed by atoms with E-state index < -0.39 is 5.97 Å². The monoisotopic (exact) mass is 581 g/mol. The van der Waals surface area contributed by atoms with Crippen molar-refractivity contribution < 1.29 is 14.3 Å². The largest absolute Gasteiger partial charge is 0.465 e. The molecule has 0 spiro atoms. The normalized spacial score (nSPS) is 16.5. The number of pyridine rings is 1. The number of aryl methyl sites for hydroxylation is 2. The van der Waals surface area contributed by atoms with E-state index in [9.17, 15) is 9.59 Å². The lowest BCUT2D eigenvalue weighted by Gasteiger charge is -2.29. The first-order chi connectivity index (χ1) is 20.1. The fourth-order valence-electron chi connectivity index (χ4n) is 5.57. The highest BCUT2D eigenvalue weighted by molar-refractivity contribution is 7.80. The number of benzene rings is 2. The second kappa shape index (κ2) is 11.8. The summed E-state index contributed by atoms with van der Waals surface area (Å²) in [5, 5.41) is 7.12. The summed E-state index contributed by atoms with van der Waals surface area (Å²) in [6.07, 6.45) is 1.78. The van der Waals surface area contributed by atoms with Crippen LogP contribution in [-0.2, 0) is 9.53 Å². The Labute approximate surface area is 251 Å². The van der Waals surface area contributed by atoms with Gasteiger partial charge >= 0.3 is 5.97 Å². The van der Waals surface area contributed by atoms with Crippen molar-refractivity contribution in [1.82, 2.24) is 14.9 Å². The minimum absolute atomic E-state index is 0.0306. The number of nitrogens with one attached hydrogen (secondary N) is 2. The molecule has 1 aliphatic rings. The molecule has 8 nitrogen and oxygen atoms in total. The number of carbonyl (C=O) groups is 2. The third-order valence-electron chi connectivity index (χ3n) is 7.71. The molecule has 42 heavy (non-hydrogen) atoms. The fourth-order valence-corrected chi connectivity index (χ4v) is 5.92. The molecule has 0 unspecified atom stereocenters. The highest BCUT2D eigenvalue weighted by Crippen LogP contribution is 2.44. The number of anilines is 2. The van der Waals surface area contributed by atoms with Gasteiger partial charge in [0.2, 0.25) is 5.91 Å². The van der Waals surface area contributed by atoms with Gasteiger partial charge in [-0.05, 0) is 92.6 Å². The van der Waals surface area contributed by atoms with Crippen molar-refractivity contribution in [3.63, 3.8) is 0 Å². The van der Waals surface area contributed by atoms with Gasteiger partial charge in [-0.3, -0.25) is 9.78 Å². The molecule has 2 atom stereocenters. The maximum Gasteiger partial charge on any atom is 0.339 e. The van der Waals surface area contributed by atoms with Crippen molar-refractivity contribution in [3.8, 4) is 5.69 Å². The van der Waals surface area contributed by atoms with Crippen LogP contribution in [0.25, 0.3) is 5.69 Å². The Kier molecular flexibility index (Phi) is 8.13. The van der Waals surface area contributed by atoms with Crippen LogP contribution in [0.1, 0.15) is 64.5 Å². The van der Waals surface area contributed by atoms with Crippen LogP contribution in [0.15, 0.2) is 72.9 Å². The predicted molar refractivity (Wildman–Crippen MR) is 169 cm³/mol. The lowest BCUT2D eigenvalue weighted by atomic mass is 9.96. The van der Waals surface area contributed by atoms with Gasteiger partial charge in [0.15, 0.2) is 5.11 Å². The first-order valence-electron chi connectivity index (χ1n) is 13.9. The average Bonchev–Trinajstić information content (AvgIpc) is 3.48. The zero-order valence-electron chi connectivity index (χ0n) is 24.6. The second-order valence-corrected chi connectivity index (χ2v) is 11.2. The standard InChI is InChI=1S/C33H35N5O3S/c1-19(2)31(39)35-26-15-14-23(17-20(26)3)38-30(29(36-33(38)42)27-12-9-10-16-34-27)25-18-21(4)37(22(25)5)28-13-8-7-11-24(28)32(40)41-6/h7-19,29-30H,1-6H3,(H,35,39)(H,36,42)/t29-,30+/m1/s1. The van der Waals surface area contributed by atoms with Gasteiger partial charge < -0.3 is 24.8 Å². The number of amides is 1. The molecule has 3 heterocycles. The maximum absolute atomic E-state index is 12.7. The number of rotatable bonds is 7. The van der Waals surface area contributed by atoms with Gasteiger partial charge in [0.25, 0.3) is 0 Å². The Hall–Kier alpha value is -4.50. The van der Waals surface area contributed by atoms with Gasteiger partial charge in [-0.15, -0.1) is 0 Å². The highest BCUT2D eigenvalue weighted by Gasteiger charge is 2.42. The summed E-state index contributed by atoms with van der Waals surface area (Å²) >= 11 is 5.95. The van der Waals surface area contributed by atoms with Crippen LogP contribution in [0.4, 0.5) is 11.4 Å². The van der Waals surface area contributed by atoms with Crippen molar-refractivity contribution in [2.24, 2.45) is 5.92 Å². The summed E-state index contributed by atoms with van der Waals surface area (Å²) in [6, 6.07) is 20.9. The van der Waals surface area contributed by atoms with Crippen LogP contribution in [0.3, 0.4) is 0 Å². The van der Waals surface area contributed by atoms with E-state index in [2.05, 4.69) is 38.1 Å². The van der Waals surface area contributed by atoms with Crippen molar-refractivity contribution in [2.75, 3.05) is 17.3 Å². The molecular weight excluding hydrogens is 546 g/mol. The number of esters is 1. The van der Waals surface area contributed by atoms with Gasteiger partial charge in [-0.2, -0.15) is 0 Å². The molecule has 1 aliphatic heterocycles. The summed E-state index contributed by atoms with van der Waals surface area (Å²) in [6.45, 7) is 9.81. The molecule has 0 bridgehead atoms. The van der Waals surface area contributed by atoms with Crippen LogP contribution < -0.4 is 15.5 Å². The number of hydrogen-bond donors (Lipinski definition) is 2. The Morgan fingerprint density at radius 1 is 1.02 bits per heavy atom.